The molecule has 0 spiro atoms. The number of carbonyl (C=O) groups excluding carboxylic acids is 1. The SMILES string of the molecule is COc1ncc(N=C(C2=C(N)C(=O)N3c4cn(C)c(=O)c(Cl)c4-c4cc(Cl)ccc4C23)C(C)C)c(OC)n1. The summed E-state index contributed by atoms with van der Waals surface area (Å²) >= 11 is 12.9. The second-order valence-corrected chi connectivity index (χ2v) is 9.97. The first kappa shape index (κ1) is 25.7. The first-order valence-electron chi connectivity index (χ1n) is 11.6. The average Bonchev–Trinajstić information content (AvgIpc) is 3.15. The lowest BCUT2D eigenvalue weighted by atomic mass is 9.83. The molecule has 2 aliphatic heterocycles. The van der Waals surface area contributed by atoms with Gasteiger partial charge < -0.3 is 19.8 Å². The van der Waals surface area contributed by atoms with Gasteiger partial charge in [0.1, 0.15) is 16.4 Å². The van der Waals surface area contributed by atoms with Gasteiger partial charge in [-0.1, -0.05) is 43.1 Å². The van der Waals surface area contributed by atoms with Crippen LogP contribution in [0.1, 0.15) is 25.5 Å². The van der Waals surface area contributed by atoms with Crippen LogP contribution in [0.25, 0.3) is 11.1 Å². The van der Waals surface area contributed by atoms with Gasteiger partial charge in [-0.2, -0.15) is 4.98 Å². The van der Waals surface area contributed by atoms with Crippen molar-refractivity contribution in [2.75, 3.05) is 19.1 Å². The van der Waals surface area contributed by atoms with Crippen molar-refractivity contribution in [3.8, 4) is 23.0 Å². The van der Waals surface area contributed by atoms with Gasteiger partial charge in [0.2, 0.25) is 5.88 Å². The molecule has 1 atom stereocenters. The number of pyridine rings is 1. The van der Waals surface area contributed by atoms with Crippen LogP contribution in [0.2, 0.25) is 10.0 Å². The first-order chi connectivity index (χ1) is 18.1. The summed E-state index contributed by atoms with van der Waals surface area (Å²) in [4.78, 5) is 41.3. The summed E-state index contributed by atoms with van der Waals surface area (Å²) in [5.74, 6) is -0.380. The Hall–Kier alpha value is -3.89. The summed E-state index contributed by atoms with van der Waals surface area (Å²) in [6.45, 7) is 3.90. The molecule has 2 aliphatic rings. The van der Waals surface area contributed by atoms with Gasteiger partial charge in [-0.3, -0.25) is 14.5 Å². The zero-order valence-corrected chi connectivity index (χ0v) is 22.8. The smallest absolute Gasteiger partial charge is 0.319 e. The number of methoxy groups -OCH3 is 2. The van der Waals surface area contributed by atoms with Crippen LogP contribution in [0.5, 0.6) is 11.9 Å². The van der Waals surface area contributed by atoms with Crippen molar-refractivity contribution < 1.29 is 14.3 Å². The Bertz CT molecular complexity index is 1630. The van der Waals surface area contributed by atoms with E-state index >= 15 is 0 Å². The highest BCUT2D eigenvalue weighted by Gasteiger charge is 2.47. The van der Waals surface area contributed by atoms with Crippen molar-refractivity contribution in [2.45, 2.75) is 19.9 Å². The molecule has 3 aromatic rings. The van der Waals surface area contributed by atoms with Gasteiger partial charge in [-0.15, -0.1) is 0 Å². The fourth-order valence-corrected chi connectivity index (χ4v) is 5.37. The molecule has 12 heteroatoms. The summed E-state index contributed by atoms with van der Waals surface area (Å²) in [7, 11) is 4.50. The summed E-state index contributed by atoms with van der Waals surface area (Å²) in [5.41, 5.74) is 9.85. The Labute approximate surface area is 228 Å². The van der Waals surface area contributed by atoms with Gasteiger partial charge in [-0.05, 0) is 29.2 Å². The molecule has 196 valence electrons. The number of nitrogens with two attached hydrogens (primary N) is 1. The number of aryl methyl sites for hydroxylation is 1. The minimum absolute atomic E-state index is 0.00958. The first-order valence-corrected chi connectivity index (χ1v) is 12.4. The summed E-state index contributed by atoms with van der Waals surface area (Å²) in [6.07, 6.45) is 3.07. The second-order valence-electron chi connectivity index (χ2n) is 9.16. The van der Waals surface area contributed by atoms with E-state index in [4.69, 9.17) is 43.4 Å². The molecule has 1 aromatic carbocycles. The van der Waals surface area contributed by atoms with E-state index in [-0.39, 0.29) is 28.5 Å². The molecule has 1 unspecified atom stereocenters. The van der Waals surface area contributed by atoms with Gasteiger partial charge in [0.15, 0.2) is 0 Å². The average molecular weight is 555 g/mol. The molecule has 10 nitrogen and oxygen atoms in total. The molecule has 0 aliphatic carbocycles. The molecule has 0 radical (unpaired) electrons. The Morgan fingerprint density at radius 2 is 1.92 bits per heavy atom. The fraction of sp³-hybridized carbons (Fsp3) is 0.269. The summed E-state index contributed by atoms with van der Waals surface area (Å²) in [5, 5.41) is 0.449. The van der Waals surface area contributed by atoms with Gasteiger partial charge in [0, 0.05) is 29.4 Å². The molecule has 5 rings (SSSR count). The van der Waals surface area contributed by atoms with E-state index < -0.39 is 17.5 Å². The minimum Gasteiger partial charge on any atom is -0.479 e. The quantitative estimate of drug-likeness (QED) is 0.468. The van der Waals surface area contributed by atoms with Crippen molar-refractivity contribution >= 4 is 46.2 Å². The van der Waals surface area contributed by atoms with Crippen molar-refractivity contribution in [2.24, 2.45) is 23.7 Å². The van der Waals surface area contributed by atoms with E-state index in [9.17, 15) is 9.59 Å². The third-order valence-electron chi connectivity index (χ3n) is 6.56. The second kappa shape index (κ2) is 9.45. The van der Waals surface area contributed by atoms with E-state index in [2.05, 4.69) is 9.97 Å². The van der Waals surface area contributed by atoms with Crippen LogP contribution in [0.15, 0.2) is 51.6 Å². The number of aliphatic imine (C=N–C) groups is 1. The third kappa shape index (κ3) is 3.83. The summed E-state index contributed by atoms with van der Waals surface area (Å²) < 4.78 is 11.9. The van der Waals surface area contributed by atoms with Crippen LogP contribution in [-0.4, -0.2) is 40.4 Å². The highest BCUT2D eigenvalue weighted by atomic mass is 35.5. The molecule has 0 fully saturated rings. The maximum Gasteiger partial charge on any atom is 0.319 e. The Kier molecular flexibility index (Phi) is 6.40. The molecule has 2 aromatic heterocycles. The Morgan fingerprint density at radius 3 is 2.58 bits per heavy atom. The normalized spacial score (nSPS) is 16.5. The molecule has 0 saturated carbocycles. The molecule has 0 saturated heterocycles. The lowest BCUT2D eigenvalue weighted by molar-refractivity contribution is -0.114. The van der Waals surface area contributed by atoms with Gasteiger partial charge >= 0.3 is 6.01 Å². The van der Waals surface area contributed by atoms with Crippen LogP contribution in [0, 0.1) is 5.92 Å². The van der Waals surface area contributed by atoms with E-state index in [1.807, 2.05) is 19.9 Å². The number of anilines is 1. The standard InChI is InChI=1S/C26H24Cl2N6O4/c1-11(2)21(31-15-9-30-26(38-5)32-23(15)37-4)18-20(29)25(36)34-16-10-33(3)24(35)19(28)17(16)14-8-12(27)6-7-13(14)22(18)34/h6-11,22H,29H2,1-5H3. The number of halogens is 2. The predicted molar refractivity (Wildman–Crippen MR) is 146 cm³/mol. The largest absolute Gasteiger partial charge is 0.479 e. The minimum atomic E-state index is -0.637. The number of aromatic nitrogens is 3. The zero-order chi connectivity index (χ0) is 27.5. The topological polar surface area (TPSA) is 125 Å². The number of hydrogen-bond acceptors (Lipinski definition) is 8. The van der Waals surface area contributed by atoms with Crippen molar-refractivity contribution in [1.82, 2.24) is 14.5 Å². The lowest BCUT2D eigenvalue weighted by Crippen LogP contribution is -2.36. The molecule has 4 heterocycles. The highest BCUT2D eigenvalue weighted by molar-refractivity contribution is 6.35. The van der Waals surface area contributed by atoms with Crippen LogP contribution >= 0.6 is 23.2 Å². The maximum absolute atomic E-state index is 13.7. The summed E-state index contributed by atoms with van der Waals surface area (Å²) in [6, 6.07) is 4.77. The van der Waals surface area contributed by atoms with E-state index in [1.165, 1.54) is 25.0 Å². The molecule has 2 N–H and O–H groups in total. The highest BCUT2D eigenvalue weighted by Crippen LogP contribution is 2.53. The number of benzene rings is 1. The molecular weight excluding hydrogens is 531 g/mol. The number of carbonyl (C=O) groups is 1. The van der Waals surface area contributed by atoms with E-state index in [1.54, 1.807) is 30.3 Å². The third-order valence-corrected chi connectivity index (χ3v) is 7.15. The monoisotopic (exact) mass is 554 g/mol. The van der Waals surface area contributed by atoms with Crippen LogP contribution < -0.4 is 25.7 Å². The Balaban J connectivity index is 1.79. The number of nitrogens with zero attached hydrogens (tertiary/aromatic N) is 5. The number of fused-ring (bicyclic) bond motifs is 6. The number of amides is 1. The fourth-order valence-electron chi connectivity index (χ4n) is 4.86. The molecule has 1 amide bonds. The predicted octanol–water partition coefficient (Wildman–Crippen LogP) is 4.21. The zero-order valence-electron chi connectivity index (χ0n) is 21.2. The Morgan fingerprint density at radius 1 is 1.18 bits per heavy atom. The lowest BCUT2D eigenvalue weighted by Gasteiger charge is -2.36. The van der Waals surface area contributed by atoms with Crippen molar-refractivity contribution in [1.29, 1.82) is 0 Å². The van der Waals surface area contributed by atoms with Crippen molar-refractivity contribution in [3.63, 3.8) is 0 Å². The van der Waals surface area contributed by atoms with Crippen LogP contribution in [0.3, 0.4) is 0 Å². The maximum atomic E-state index is 13.7. The molecule has 38 heavy (non-hydrogen) atoms. The number of ether oxygens (including phenoxy) is 2. The van der Waals surface area contributed by atoms with Crippen LogP contribution in [0.4, 0.5) is 11.4 Å². The molecule has 0 bridgehead atoms. The number of rotatable bonds is 5. The van der Waals surface area contributed by atoms with Gasteiger partial charge in [-0.25, -0.2) is 9.98 Å². The van der Waals surface area contributed by atoms with E-state index in [0.29, 0.717) is 44.4 Å². The number of hydrogen-bond donors (Lipinski definition) is 1. The van der Waals surface area contributed by atoms with Crippen LogP contribution in [-0.2, 0) is 11.8 Å². The van der Waals surface area contributed by atoms with Crippen molar-refractivity contribution in [3.05, 3.63) is 67.8 Å². The molecular formula is C26H24Cl2N6O4. The van der Waals surface area contributed by atoms with E-state index in [0.717, 1.165) is 0 Å². The van der Waals surface area contributed by atoms with Gasteiger partial charge in [0.05, 0.1) is 37.9 Å². The van der Waals surface area contributed by atoms with Gasteiger partial charge in [0.25, 0.3) is 11.5 Å².